The highest BCUT2D eigenvalue weighted by atomic mass is 32.2. The monoisotopic (exact) mass is 374 g/mol. The van der Waals surface area contributed by atoms with Crippen molar-refractivity contribution in [2.24, 2.45) is 11.8 Å². The molecule has 0 saturated carbocycles. The number of epoxide rings is 1. The van der Waals surface area contributed by atoms with Crippen LogP contribution >= 0.6 is 11.8 Å². The first-order valence-electron chi connectivity index (χ1n) is 9.59. The van der Waals surface area contributed by atoms with Crippen molar-refractivity contribution in [2.75, 3.05) is 5.75 Å². The van der Waals surface area contributed by atoms with Crippen molar-refractivity contribution in [3.05, 3.63) is 42.5 Å². The van der Waals surface area contributed by atoms with Crippen molar-refractivity contribution >= 4 is 17.7 Å². The molecule has 0 spiro atoms. The van der Waals surface area contributed by atoms with E-state index < -0.39 is 5.97 Å². The average Bonchev–Trinajstić information content (AvgIpc) is 3.27. The molecule has 140 valence electrons. The summed E-state index contributed by atoms with van der Waals surface area (Å²) in [4.78, 5) is 11.9. The van der Waals surface area contributed by atoms with Gasteiger partial charge in [-0.2, -0.15) is 0 Å². The minimum Gasteiger partial charge on any atom is -0.481 e. The highest BCUT2D eigenvalue weighted by Gasteiger charge is 2.68. The zero-order valence-electron chi connectivity index (χ0n) is 14.8. The molecular weight excluding hydrogens is 348 g/mol. The Kier molecular flexibility index (Phi) is 5.67. The van der Waals surface area contributed by atoms with Crippen molar-refractivity contribution in [3.8, 4) is 0 Å². The number of aliphatic carboxylic acids is 1. The van der Waals surface area contributed by atoms with E-state index in [0.29, 0.717) is 30.5 Å². The van der Waals surface area contributed by atoms with Gasteiger partial charge in [-0.1, -0.05) is 30.4 Å². The van der Waals surface area contributed by atoms with Crippen molar-refractivity contribution in [1.82, 2.24) is 0 Å². The Morgan fingerprint density at radius 3 is 2.54 bits per heavy atom. The molecule has 6 atom stereocenters. The molecule has 26 heavy (non-hydrogen) atoms. The number of unbranched alkanes of at least 4 members (excludes halogenated alkanes) is 1. The summed E-state index contributed by atoms with van der Waals surface area (Å²) in [5.74, 6) is 1.50. The third-order valence-electron chi connectivity index (χ3n) is 5.72. The molecule has 3 heterocycles. The number of carboxylic acids is 1. The predicted octanol–water partition coefficient (Wildman–Crippen LogP) is 4.15. The summed E-state index contributed by atoms with van der Waals surface area (Å²) in [5.41, 5.74) is 0. The number of hydrogen-bond acceptors (Lipinski definition) is 4. The Balaban J connectivity index is 1.27. The highest BCUT2D eigenvalue weighted by Crippen LogP contribution is 2.56. The van der Waals surface area contributed by atoms with Crippen LogP contribution in [0.3, 0.4) is 0 Å². The van der Waals surface area contributed by atoms with Crippen LogP contribution in [0, 0.1) is 11.8 Å². The summed E-state index contributed by atoms with van der Waals surface area (Å²) in [7, 11) is 0. The van der Waals surface area contributed by atoms with E-state index in [1.165, 1.54) is 4.90 Å². The number of ether oxygens (including phenoxy) is 2. The number of rotatable bonds is 10. The smallest absolute Gasteiger partial charge is 0.303 e. The lowest BCUT2D eigenvalue weighted by molar-refractivity contribution is -0.137. The molecule has 1 N–H and O–H groups in total. The first kappa shape index (κ1) is 18.1. The van der Waals surface area contributed by atoms with Crippen LogP contribution in [0.5, 0.6) is 0 Å². The van der Waals surface area contributed by atoms with Gasteiger partial charge in [0.1, 0.15) is 12.2 Å². The van der Waals surface area contributed by atoms with E-state index in [0.717, 1.165) is 25.0 Å². The average molecular weight is 375 g/mol. The van der Waals surface area contributed by atoms with Gasteiger partial charge in [-0.3, -0.25) is 4.79 Å². The normalized spacial score (nSPS) is 34.3. The van der Waals surface area contributed by atoms with Crippen molar-refractivity contribution < 1.29 is 19.4 Å². The van der Waals surface area contributed by atoms with Gasteiger partial charge in [-0.15, -0.1) is 11.8 Å². The molecule has 5 heteroatoms. The Morgan fingerprint density at radius 2 is 1.77 bits per heavy atom. The molecule has 0 unspecified atom stereocenters. The summed E-state index contributed by atoms with van der Waals surface area (Å²) < 4.78 is 12.0. The second-order valence-electron chi connectivity index (χ2n) is 7.40. The molecule has 0 aliphatic carbocycles. The van der Waals surface area contributed by atoms with E-state index in [1.54, 1.807) is 0 Å². The molecule has 0 amide bonds. The zero-order chi connectivity index (χ0) is 17.9. The third kappa shape index (κ3) is 4.00. The number of carboxylic acid groups (broad SMARTS) is 1. The second-order valence-corrected chi connectivity index (χ2v) is 8.57. The molecule has 3 saturated heterocycles. The van der Waals surface area contributed by atoms with Crippen molar-refractivity contribution in [2.45, 2.75) is 61.4 Å². The Hall–Kier alpha value is -1.30. The summed E-state index contributed by atoms with van der Waals surface area (Å²) in [5, 5.41) is 8.69. The molecule has 1 aromatic rings. The Bertz CT molecular complexity index is 647. The van der Waals surface area contributed by atoms with E-state index in [-0.39, 0.29) is 18.6 Å². The molecule has 0 aromatic heterocycles. The lowest BCUT2D eigenvalue weighted by Crippen LogP contribution is -2.32. The topological polar surface area (TPSA) is 59.1 Å². The van der Waals surface area contributed by atoms with Crippen LogP contribution in [0.2, 0.25) is 0 Å². The van der Waals surface area contributed by atoms with E-state index in [2.05, 4.69) is 42.5 Å². The van der Waals surface area contributed by atoms with E-state index in [1.807, 2.05) is 11.8 Å². The number of benzene rings is 1. The quantitative estimate of drug-likeness (QED) is 0.288. The van der Waals surface area contributed by atoms with Crippen LogP contribution in [0.15, 0.2) is 47.4 Å². The molecule has 3 aliphatic rings. The van der Waals surface area contributed by atoms with Gasteiger partial charge < -0.3 is 14.6 Å². The van der Waals surface area contributed by atoms with Gasteiger partial charge in [0.25, 0.3) is 0 Å². The van der Waals surface area contributed by atoms with Gasteiger partial charge in [-0.05, 0) is 55.4 Å². The van der Waals surface area contributed by atoms with E-state index in [9.17, 15) is 4.79 Å². The second kappa shape index (κ2) is 8.15. The Morgan fingerprint density at radius 1 is 1.04 bits per heavy atom. The van der Waals surface area contributed by atoms with Crippen LogP contribution in [-0.4, -0.2) is 41.2 Å². The number of hydrogen-bond donors (Lipinski definition) is 1. The van der Waals surface area contributed by atoms with Crippen LogP contribution in [0.25, 0.3) is 0 Å². The fourth-order valence-corrected chi connectivity index (χ4v) is 5.41. The van der Waals surface area contributed by atoms with E-state index >= 15 is 0 Å². The summed E-state index contributed by atoms with van der Waals surface area (Å²) >= 11 is 1.92. The highest BCUT2D eigenvalue weighted by molar-refractivity contribution is 7.99. The van der Waals surface area contributed by atoms with Crippen LogP contribution in [-0.2, 0) is 14.3 Å². The molecule has 3 fully saturated rings. The van der Waals surface area contributed by atoms with Crippen molar-refractivity contribution in [1.29, 1.82) is 0 Å². The number of carbonyl (C=O) groups is 1. The maximum Gasteiger partial charge on any atom is 0.303 e. The lowest BCUT2D eigenvalue weighted by Gasteiger charge is -2.25. The fourth-order valence-electron chi connectivity index (χ4n) is 4.44. The van der Waals surface area contributed by atoms with Crippen LogP contribution < -0.4 is 0 Å². The van der Waals surface area contributed by atoms with Crippen LogP contribution in [0.1, 0.15) is 32.1 Å². The largest absolute Gasteiger partial charge is 0.481 e. The number of thioether (sulfide) groups is 1. The molecule has 4 nitrogen and oxygen atoms in total. The molecule has 0 radical (unpaired) electrons. The summed E-state index contributed by atoms with van der Waals surface area (Å²) in [6.07, 6.45) is 9.57. The van der Waals surface area contributed by atoms with Gasteiger partial charge in [0, 0.05) is 11.3 Å². The zero-order valence-corrected chi connectivity index (χ0v) is 15.6. The summed E-state index contributed by atoms with van der Waals surface area (Å²) in [6.45, 7) is 0. The maximum absolute atomic E-state index is 10.6. The first-order valence-corrected chi connectivity index (χ1v) is 10.6. The SMILES string of the molecule is O=C(O)CCCC=CC[C@H]1[C@@H](CCSc2ccccc2)[C@@H]2O[C@H]1[C@@H]1O[C@@H]12. The van der Waals surface area contributed by atoms with Crippen molar-refractivity contribution in [3.63, 3.8) is 0 Å². The minimum atomic E-state index is -0.715. The lowest BCUT2D eigenvalue weighted by atomic mass is 9.76. The standard InChI is InChI=1S/C21H26O4S/c22-17(23)11-7-2-1-6-10-15-16(19-21-20(25-21)18(15)24-19)12-13-26-14-8-4-3-5-9-14/h1,3-6,8-9,15-16,18-21H,2,7,10-13H2,(H,22,23)/t15-,16+,18+,19-,20-,21+/m0/s1. The van der Waals surface area contributed by atoms with Gasteiger partial charge in [-0.25, -0.2) is 0 Å². The van der Waals surface area contributed by atoms with Crippen LogP contribution in [0.4, 0.5) is 0 Å². The predicted molar refractivity (Wildman–Crippen MR) is 101 cm³/mol. The molecule has 1 aromatic carbocycles. The van der Waals surface area contributed by atoms with Gasteiger partial charge in [0.15, 0.2) is 0 Å². The van der Waals surface area contributed by atoms with Gasteiger partial charge >= 0.3 is 5.97 Å². The van der Waals surface area contributed by atoms with E-state index in [4.69, 9.17) is 14.6 Å². The minimum absolute atomic E-state index is 0.249. The molecule has 4 rings (SSSR count). The fraction of sp³-hybridized carbons (Fsp3) is 0.571. The molecular formula is C21H26O4S. The van der Waals surface area contributed by atoms with Gasteiger partial charge in [0.05, 0.1) is 12.2 Å². The molecule has 2 bridgehead atoms. The summed E-state index contributed by atoms with van der Waals surface area (Å²) in [6, 6.07) is 10.6. The first-order chi connectivity index (χ1) is 12.7. The van der Waals surface area contributed by atoms with Gasteiger partial charge in [0.2, 0.25) is 0 Å². The number of fused-ring (bicyclic) bond motifs is 5. The number of allylic oxidation sites excluding steroid dienone is 2. The molecule has 3 aliphatic heterocycles. The maximum atomic E-state index is 10.6. The third-order valence-corrected chi connectivity index (χ3v) is 6.76. The Labute approximate surface area is 159 Å².